The van der Waals surface area contributed by atoms with Crippen molar-refractivity contribution >= 4 is 50.8 Å². The highest BCUT2D eigenvalue weighted by Crippen LogP contribution is 2.30. The van der Waals surface area contributed by atoms with E-state index in [1.165, 1.54) is 12.1 Å². The molecule has 0 saturated carbocycles. The van der Waals surface area contributed by atoms with Gasteiger partial charge in [0.05, 0.1) is 27.1 Å². The van der Waals surface area contributed by atoms with E-state index < -0.39 is 10.0 Å². The predicted molar refractivity (Wildman–Crippen MR) is 148 cm³/mol. The number of sulfonamides is 1. The number of pyridine rings is 1. The number of nitrogens with one attached hydrogen (secondary N) is 1. The van der Waals surface area contributed by atoms with E-state index in [-0.39, 0.29) is 20.6 Å². The molecular weight excluding hydrogens is 529 g/mol. The van der Waals surface area contributed by atoms with E-state index in [0.717, 1.165) is 16.8 Å². The minimum absolute atomic E-state index is 0.0615. The zero-order valence-electron chi connectivity index (χ0n) is 19.2. The van der Waals surface area contributed by atoms with Crippen LogP contribution in [0.1, 0.15) is 5.56 Å². The monoisotopic (exact) mass is 547 g/mol. The molecule has 184 valence electrons. The van der Waals surface area contributed by atoms with Crippen LogP contribution in [0.5, 0.6) is 0 Å². The van der Waals surface area contributed by atoms with Gasteiger partial charge in [0.2, 0.25) is 0 Å². The molecule has 10 heteroatoms. The van der Waals surface area contributed by atoms with Crippen molar-refractivity contribution in [3.8, 4) is 16.9 Å². The fraction of sp³-hybridized carbons (Fsp3) is 0. The van der Waals surface area contributed by atoms with Crippen LogP contribution >= 0.6 is 23.2 Å². The fourth-order valence-corrected chi connectivity index (χ4v) is 5.43. The van der Waals surface area contributed by atoms with Crippen LogP contribution in [-0.4, -0.2) is 29.4 Å². The Morgan fingerprint density at radius 2 is 1.68 bits per heavy atom. The van der Waals surface area contributed by atoms with Gasteiger partial charge in [-0.3, -0.25) is 14.7 Å². The molecule has 7 nitrogen and oxygen atoms in total. The molecule has 0 atom stereocenters. The van der Waals surface area contributed by atoms with Gasteiger partial charge >= 0.3 is 0 Å². The van der Waals surface area contributed by atoms with Crippen LogP contribution in [0, 0.1) is 0 Å². The maximum Gasteiger partial charge on any atom is 0.263 e. The minimum Gasteiger partial charge on any atom is -0.278 e. The molecule has 0 unspecified atom stereocenters. The van der Waals surface area contributed by atoms with Crippen LogP contribution in [0.4, 0.5) is 11.4 Å². The number of aromatic nitrogens is 3. The van der Waals surface area contributed by atoms with Crippen LogP contribution in [0.3, 0.4) is 0 Å². The summed E-state index contributed by atoms with van der Waals surface area (Å²) in [6, 6.07) is 24.5. The topological polar surface area (TPSA) is 89.2 Å². The Balaban J connectivity index is 1.50. The van der Waals surface area contributed by atoms with Crippen LogP contribution in [-0.2, 0) is 10.0 Å². The van der Waals surface area contributed by atoms with E-state index in [0.29, 0.717) is 11.4 Å². The SMILES string of the molecule is O=S(=O)(Nc1ccccc1Cl)c1cc(N=Cc2cn(-c3ccccc3)nc2-c2cccnc2)ccc1Cl. The van der Waals surface area contributed by atoms with E-state index in [9.17, 15) is 8.42 Å². The summed E-state index contributed by atoms with van der Waals surface area (Å²) in [5, 5.41) is 5.07. The number of nitrogens with zero attached hydrogens (tertiary/aromatic N) is 4. The standard InChI is InChI=1S/C27H19Cl2N5O2S/c28-23-10-4-5-11-25(23)33-37(35,36)26-15-21(12-13-24(26)29)31-17-20-18-34(22-8-2-1-3-9-22)32-27(20)19-7-6-14-30-16-19/h1-18,33H. The number of aliphatic imine (C=N–C) groups is 1. The Kier molecular flexibility index (Phi) is 7.05. The molecule has 0 bridgehead atoms. The van der Waals surface area contributed by atoms with Crippen LogP contribution in [0.25, 0.3) is 16.9 Å². The van der Waals surface area contributed by atoms with Crippen molar-refractivity contribution in [3.63, 3.8) is 0 Å². The Morgan fingerprint density at radius 1 is 0.892 bits per heavy atom. The van der Waals surface area contributed by atoms with E-state index in [1.54, 1.807) is 53.6 Å². The molecule has 0 aliphatic heterocycles. The summed E-state index contributed by atoms with van der Waals surface area (Å²) < 4.78 is 30.4. The van der Waals surface area contributed by atoms with Crippen molar-refractivity contribution < 1.29 is 8.42 Å². The number of rotatable bonds is 7. The van der Waals surface area contributed by atoms with Crippen molar-refractivity contribution in [1.29, 1.82) is 0 Å². The largest absolute Gasteiger partial charge is 0.278 e. The summed E-state index contributed by atoms with van der Waals surface area (Å²) in [7, 11) is -4.02. The second-order valence-corrected chi connectivity index (χ2v) is 10.4. The molecule has 0 aliphatic rings. The van der Waals surface area contributed by atoms with Crippen molar-refractivity contribution in [2.24, 2.45) is 4.99 Å². The summed E-state index contributed by atoms with van der Waals surface area (Å²) in [6.45, 7) is 0. The molecular formula is C27H19Cl2N5O2S. The fourth-order valence-electron chi connectivity index (χ4n) is 3.59. The number of para-hydroxylation sites is 2. The third kappa shape index (κ3) is 5.56. The Bertz CT molecular complexity index is 1690. The number of hydrogen-bond donors (Lipinski definition) is 1. The molecule has 1 N–H and O–H groups in total. The van der Waals surface area contributed by atoms with E-state index in [4.69, 9.17) is 28.3 Å². The smallest absolute Gasteiger partial charge is 0.263 e. The lowest BCUT2D eigenvalue weighted by Crippen LogP contribution is -2.13. The molecule has 2 aromatic heterocycles. The summed E-state index contributed by atoms with van der Waals surface area (Å²) in [4.78, 5) is 8.62. The van der Waals surface area contributed by atoms with Crippen molar-refractivity contribution in [1.82, 2.24) is 14.8 Å². The van der Waals surface area contributed by atoms with Gasteiger partial charge in [-0.05, 0) is 54.6 Å². The van der Waals surface area contributed by atoms with Crippen LogP contribution in [0.2, 0.25) is 10.0 Å². The summed E-state index contributed by atoms with van der Waals surface area (Å²) in [6.07, 6.45) is 6.91. The molecule has 0 amide bonds. The summed E-state index contributed by atoms with van der Waals surface area (Å²) >= 11 is 12.4. The minimum atomic E-state index is -4.02. The lowest BCUT2D eigenvalue weighted by molar-refractivity contribution is 0.601. The second kappa shape index (κ2) is 10.6. The van der Waals surface area contributed by atoms with Gasteiger partial charge in [-0.1, -0.05) is 53.5 Å². The van der Waals surface area contributed by atoms with E-state index in [2.05, 4.69) is 14.7 Å². The predicted octanol–water partition coefficient (Wildman–Crippen LogP) is 6.79. The Morgan fingerprint density at radius 3 is 2.43 bits per heavy atom. The third-order valence-electron chi connectivity index (χ3n) is 5.37. The number of benzene rings is 3. The van der Waals surface area contributed by atoms with Gasteiger partial charge in [0.15, 0.2) is 0 Å². The van der Waals surface area contributed by atoms with Gasteiger partial charge in [-0.15, -0.1) is 0 Å². The lowest BCUT2D eigenvalue weighted by Gasteiger charge is -2.11. The molecule has 0 spiro atoms. The van der Waals surface area contributed by atoms with Gasteiger partial charge in [0, 0.05) is 35.9 Å². The molecule has 5 rings (SSSR count). The molecule has 2 heterocycles. The summed E-state index contributed by atoms with van der Waals surface area (Å²) in [5.41, 5.74) is 3.77. The van der Waals surface area contributed by atoms with E-state index >= 15 is 0 Å². The molecule has 0 fully saturated rings. The lowest BCUT2D eigenvalue weighted by atomic mass is 10.1. The number of hydrogen-bond acceptors (Lipinski definition) is 5. The molecule has 0 aliphatic carbocycles. The summed E-state index contributed by atoms with van der Waals surface area (Å²) in [5.74, 6) is 0. The molecule has 0 saturated heterocycles. The van der Waals surface area contributed by atoms with Gasteiger partial charge in [0.1, 0.15) is 10.6 Å². The average Bonchev–Trinajstić information content (AvgIpc) is 3.35. The third-order valence-corrected chi connectivity index (χ3v) is 7.55. The molecule has 37 heavy (non-hydrogen) atoms. The molecule has 3 aromatic carbocycles. The zero-order chi connectivity index (χ0) is 25.8. The first-order chi connectivity index (χ1) is 17.9. The number of halogens is 2. The maximum atomic E-state index is 13.1. The van der Waals surface area contributed by atoms with Crippen molar-refractivity contribution in [3.05, 3.63) is 119 Å². The average molecular weight is 548 g/mol. The molecule has 0 radical (unpaired) electrons. The zero-order valence-corrected chi connectivity index (χ0v) is 21.5. The second-order valence-electron chi connectivity index (χ2n) is 7.91. The maximum absolute atomic E-state index is 13.1. The first-order valence-corrected chi connectivity index (χ1v) is 13.3. The van der Waals surface area contributed by atoms with Crippen molar-refractivity contribution in [2.45, 2.75) is 4.90 Å². The first kappa shape index (κ1) is 24.7. The van der Waals surface area contributed by atoms with Crippen molar-refractivity contribution in [2.75, 3.05) is 4.72 Å². The van der Waals surface area contributed by atoms with Gasteiger partial charge < -0.3 is 0 Å². The highest BCUT2D eigenvalue weighted by atomic mass is 35.5. The Labute approximate surface area is 224 Å². The quantitative estimate of drug-likeness (QED) is 0.227. The van der Waals surface area contributed by atoms with Gasteiger partial charge in [-0.2, -0.15) is 5.10 Å². The van der Waals surface area contributed by atoms with E-state index in [1.807, 2.05) is 48.7 Å². The molecule has 5 aromatic rings. The highest BCUT2D eigenvalue weighted by Gasteiger charge is 2.20. The number of anilines is 1. The van der Waals surface area contributed by atoms with Crippen LogP contribution < -0.4 is 4.72 Å². The first-order valence-electron chi connectivity index (χ1n) is 11.1. The van der Waals surface area contributed by atoms with Gasteiger partial charge in [-0.25, -0.2) is 13.1 Å². The van der Waals surface area contributed by atoms with Gasteiger partial charge in [0.25, 0.3) is 10.0 Å². The van der Waals surface area contributed by atoms with Crippen LogP contribution in [0.15, 0.2) is 113 Å². The Hall–Kier alpha value is -3.98. The normalized spacial score (nSPS) is 11.6. The highest BCUT2D eigenvalue weighted by molar-refractivity contribution is 7.92.